The summed E-state index contributed by atoms with van der Waals surface area (Å²) in [6.45, 7) is 4.39. The second kappa shape index (κ2) is 4.78. The largest absolute Gasteiger partial charge is 0.375 e. The quantitative estimate of drug-likeness (QED) is 0.922. The maximum absolute atomic E-state index is 5.73. The Morgan fingerprint density at radius 2 is 2.00 bits per heavy atom. The molecule has 2 aromatic rings. The third kappa shape index (κ3) is 2.38. The van der Waals surface area contributed by atoms with E-state index in [1.807, 2.05) is 0 Å². The summed E-state index contributed by atoms with van der Waals surface area (Å²) in [4.78, 5) is 4.44. The van der Waals surface area contributed by atoms with Crippen molar-refractivity contribution in [3.63, 3.8) is 0 Å². The molecule has 0 bridgehead atoms. The number of nitrogen functional groups attached to an aromatic ring is 1. The zero-order valence-electron chi connectivity index (χ0n) is 9.90. The smallest absolute Gasteiger partial charge is 0.180 e. The predicted molar refractivity (Wildman–Crippen MR) is 77.4 cm³/mol. The van der Waals surface area contributed by atoms with Crippen LogP contribution in [0.1, 0.15) is 31.5 Å². The van der Waals surface area contributed by atoms with E-state index in [2.05, 4.69) is 64.4 Å². The molecule has 2 N–H and O–H groups in total. The fourth-order valence-electron chi connectivity index (χ4n) is 1.89. The molecule has 1 heterocycles. The van der Waals surface area contributed by atoms with Crippen molar-refractivity contribution >= 4 is 32.4 Å². The Morgan fingerprint density at radius 3 is 2.47 bits per heavy atom. The summed E-state index contributed by atoms with van der Waals surface area (Å²) < 4.78 is 1.09. The van der Waals surface area contributed by atoms with Crippen LogP contribution in [-0.2, 0) is 5.41 Å². The van der Waals surface area contributed by atoms with Gasteiger partial charge in [0.1, 0.15) is 0 Å². The Kier molecular flexibility index (Phi) is 3.54. The van der Waals surface area contributed by atoms with Crippen LogP contribution in [-0.4, -0.2) is 4.98 Å². The number of hydrogen-bond acceptors (Lipinski definition) is 3. The Hall–Kier alpha value is -0.870. The molecule has 0 radical (unpaired) electrons. The molecule has 17 heavy (non-hydrogen) atoms. The molecule has 0 aliphatic rings. The molecule has 0 fully saturated rings. The van der Waals surface area contributed by atoms with Crippen molar-refractivity contribution in [2.24, 2.45) is 0 Å². The molecule has 0 amide bonds. The average molecular weight is 311 g/mol. The summed E-state index contributed by atoms with van der Waals surface area (Å²) in [5.74, 6) is 0. The molecule has 2 nitrogen and oxygen atoms in total. The minimum absolute atomic E-state index is 0.0607. The van der Waals surface area contributed by atoms with Gasteiger partial charge >= 0.3 is 0 Å². The predicted octanol–water partition coefficient (Wildman–Crippen LogP) is 4.20. The standard InChI is InChI=1S/C13H15BrN2S/c1-3-13(2,11-8-17-12(15)16-11)9-4-6-10(14)7-5-9/h4-8H,3H2,1-2H3,(H2,15,16). The molecule has 0 spiro atoms. The fourth-order valence-corrected chi connectivity index (χ4v) is 2.85. The van der Waals surface area contributed by atoms with Gasteiger partial charge in [-0.15, -0.1) is 11.3 Å². The van der Waals surface area contributed by atoms with E-state index in [4.69, 9.17) is 5.73 Å². The van der Waals surface area contributed by atoms with Crippen molar-refractivity contribution in [1.82, 2.24) is 4.98 Å². The monoisotopic (exact) mass is 310 g/mol. The first-order valence-electron chi connectivity index (χ1n) is 5.54. The van der Waals surface area contributed by atoms with Crippen LogP contribution in [0.15, 0.2) is 34.1 Å². The molecule has 2 rings (SSSR count). The van der Waals surface area contributed by atoms with Gasteiger partial charge in [-0.25, -0.2) is 4.98 Å². The number of hydrogen-bond donors (Lipinski definition) is 1. The number of nitrogens with two attached hydrogens (primary N) is 1. The van der Waals surface area contributed by atoms with E-state index in [-0.39, 0.29) is 5.41 Å². The topological polar surface area (TPSA) is 38.9 Å². The molecular formula is C13H15BrN2S. The molecular weight excluding hydrogens is 296 g/mol. The molecule has 90 valence electrons. The number of thiazole rings is 1. The summed E-state index contributed by atoms with van der Waals surface area (Å²) in [6.07, 6.45) is 0.998. The molecule has 0 saturated carbocycles. The van der Waals surface area contributed by atoms with Crippen molar-refractivity contribution in [2.75, 3.05) is 5.73 Å². The Bertz CT molecular complexity index is 506. The van der Waals surface area contributed by atoms with Gasteiger partial charge in [0.2, 0.25) is 0 Å². The first kappa shape index (κ1) is 12.6. The van der Waals surface area contributed by atoms with Crippen LogP contribution < -0.4 is 5.73 Å². The molecule has 1 aromatic carbocycles. The van der Waals surface area contributed by atoms with Crippen molar-refractivity contribution in [3.8, 4) is 0 Å². The number of anilines is 1. The van der Waals surface area contributed by atoms with Crippen LogP contribution in [0.3, 0.4) is 0 Å². The number of rotatable bonds is 3. The lowest BCUT2D eigenvalue weighted by Crippen LogP contribution is -2.23. The molecule has 1 unspecified atom stereocenters. The highest BCUT2D eigenvalue weighted by Gasteiger charge is 2.29. The van der Waals surface area contributed by atoms with Crippen LogP contribution in [0.2, 0.25) is 0 Å². The van der Waals surface area contributed by atoms with Crippen LogP contribution in [0.4, 0.5) is 5.13 Å². The maximum atomic E-state index is 5.73. The van der Waals surface area contributed by atoms with Gasteiger partial charge in [0.15, 0.2) is 5.13 Å². The second-order valence-electron chi connectivity index (χ2n) is 4.26. The van der Waals surface area contributed by atoms with E-state index in [1.165, 1.54) is 16.9 Å². The summed E-state index contributed by atoms with van der Waals surface area (Å²) in [5, 5.41) is 2.69. The molecule has 1 atom stereocenters. The Labute approximate surface area is 114 Å². The van der Waals surface area contributed by atoms with Crippen molar-refractivity contribution in [1.29, 1.82) is 0 Å². The maximum Gasteiger partial charge on any atom is 0.180 e. The fraction of sp³-hybridized carbons (Fsp3) is 0.308. The average Bonchev–Trinajstić information content (AvgIpc) is 2.76. The van der Waals surface area contributed by atoms with Gasteiger partial charge in [-0.1, -0.05) is 35.0 Å². The highest BCUT2D eigenvalue weighted by atomic mass is 79.9. The van der Waals surface area contributed by atoms with Crippen molar-refractivity contribution in [2.45, 2.75) is 25.7 Å². The van der Waals surface area contributed by atoms with E-state index in [1.54, 1.807) is 0 Å². The van der Waals surface area contributed by atoms with Crippen LogP contribution >= 0.6 is 27.3 Å². The van der Waals surface area contributed by atoms with E-state index in [0.717, 1.165) is 16.6 Å². The summed E-state index contributed by atoms with van der Waals surface area (Å²) in [7, 11) is 0. The highest BCUT2D eigenvalue weighted by molar-refractivity contribution is 9.10. The molecule has 1 aromatic heterocycles. The third-order valence-corrected chi connectivity index (χ3v) is 4.48. The van der Waals surface area contributed by atoms with Gasteiger partial charge in [0.05, 0.1) is 5.69 Å². The summed E-state index contributed by atoms with van der Waals surface area (Å²) >= 11 is 4.96. The third-order valence-electron chi connectivity index (χ3n) is 3.28. The van der Waals surface area contributed by atoms with Gasteiger partial charge < -0.3 is 5.73 Å². The zero-order chi connectivity index (χ0) is 12.5. The Morgan fingerprint density at radius 1 is 1.35 bits per heavy atom. The lowest BCUT2D eigenvalue weighted by atomic mass is 9.78. The summed E-state index contributed by atoms with van der Waals surface area (Å²) in [5.41, 5.74) is 8.00. The van der Waals surface area contributed by atoms with Crippen LogP contribution in [0.5, 0.6) is 0 Å². The van der Waals surface area contributed by atoms with Gasteiger partial charge in [-0.3, -0.25) is 0 Å². The van der Waals surface area contributed by atoms with Gasteiger partial charge in [0, 0.05) is 15.3 Å². The minimum Gasteiger partial charge on any atom is -0.375 e. The van der Waals surface area contributed by atoms with Gasteiger partial charge in [0.25, 0.3) is 0 Å². The second-order valence-corrected chi connectivity index (χ2v) is 6.07. The van der Waals surface area contributed by atoms with Gasteiger partial charge in [-0.05, 0) is 31.0 Å². The SMILES string of the molecule is CCC(C)(c1ccc(Br)cc1)c1csc(N)n1. The van der Waals surface area contributed by atoms with Crippen molar-refractivity contribution < 1.29 is 0 Å². The first-order valence-corrected chi connectivity index (χ1v) is 7.21. The first-order chi connectivity index (χ1) is 8.06. The van der Waals surface area contributed by atoms with Crippen LogP contribution in [0, 0.1) is 0 Å². The molecule has 4 heteroatoms. The lowest BCUT2D eigenvalue weighted by molar-refractivity contribution is 0.536. The number of nitrogens with zero attached hydrogens (tertiary/aromatic N) is 1. The molecule has 0 aliphatic heterocycles. The number of benzene rings is 1. The zero-order valence-corrected chi connectivity index (χ0v) is 12.3. The van der Waals surface area contributed by atoms with Crippen LogP contribution in [0.25, 0.3) is 0 Å². The minimum atomic E-state index is -0.0607. The normalized spacial score (nSPS) is 14.5. The summed E-state index contributed by atoms with van der Waals surface area (Å²) in [6, 6.07) is 8.42. The van der Waals surface area contributed by atoms with E-state index < -0.39 is 0 Å². The van der Waals surface area contributed by atoms with Crippen molar-refractivity contribution in [3.05, 3.63) is 45.4 Å². The number of halogens is 1. The highest BCUT2D eigenvalue weighted by Crippen LogP contribution is 2.36. The number of aromatic nitrogens is 1. The van der Waals surface area contributed by atoms with E-state index >= 15 is 0 Å². The van der Waals surface area contributed by atoms with Gasteiger partial charge in [-0.2, -0.15) is 0 Å². The molecule has 0 aliphatic carbocycles. The van der Waals surface area contributed by atoms with E-state index in [9.17, 15) is 0 Å². The molecule has 0 saturated heterocycles. The van der Waals surface area contributed by atoms with E-state index in [0.29, 0.717) is 5.13 Å². The lowest BCUT2D eigenvalue weighted by Gasteiger charge is -2.27. The Balaban J connectivity index is 2.47.